The lowest BCUT2D eigenvalue weighted by molar-refractivity contribution is -0.128. The van der Waals surface area contributed by atoms with Gasteiger partial charge in [-0.3, -0.25) is 14.5 Å². The minimum Gasteiger partial charge on any atom is -0.326 e. The predicted octanol–water partition coefficient (Wildman–Crippen LogP) is 3.29. The van der Waals surface area contributed by atoms with Crippen molar-refractivity contribution in [3.8, 4) is 0 Å². The smallest absolute Gasteiger partial charge is 0.241 e. The highest BCUT2D eigenvalue weighted by atomic mass is 35.5. The van der Waals surface area contributed by atoms with Crippen molar-refractivity contribution in [2.45, 2.75) is 13.3 Å². The number of halogens is 1. The van der Waals surface area contributed by atoms with E-state index < -0.39 is 5.92 Å². The van der Waals surface area contributed by atoms with Crippen LogP contribution in [0.15, 0.2) is 47.5 Å². The van der Waals surface area contributed by atoms with E-state index in [1.807, 2.05) is 25.1 Å². The number of carbonyl (C=O) groups excluding carboxylic acids is 2. The van der Waals surface area contributed by atoms with E-state index in [0.29, 0.717) is 16.4 Å². The molecule has 1 aliphatic carbocycles. The van der Waals surface area contributed by atoms with Crippen LogP contribution in [0.1, 0.15) is 12.0 Å². The maximum Gasteiger partial charge on any atom is 0.241 e. The molecule has 0 aromatic heterocycles. The number of aliphatic imine (C=N–C) groups is 1. The van der Waals surface area contributed by atoms with E-state index in [-0.39, 0.29) is 29.9 Å². The lowest BCUT2D eigenvalue weighted by Gasteiger charge is -2.30. The number of hydrogen-bond donors (Lipinski definition) is 1. The second-order valence-electron chi connectivity index (χ2n) is 5.79. The molecule has 0 saturated heterocycles. The summed E-state index contributed by atoms with van der Waals surface area (Å²) in [5, 5.41) is 3.55. The number of fused-ring (bicyclic) bond motifs is 1. The van der Waals surface area contributed by atoms with Gasteiger partial charge < -0.3 is 5.32 Å². The second-order valence-corrected chi connectivity index (χ2v) is 6.57. The van der Waals surface area contributed by atoms with Crippen LogP contribution in [0.5, 0.6) is 0 Å². The minimum atomic E-state index is -0.421. The van der Waals surface area contributed by atoms with Crippen LogP contribution in [0.4, 0.5) is 5.69 Å². The van der Waals surface area contributed by atoms with Crippen molar-refractivity contribution >= 4 is 52.1 Å². The molecule has 0 radical (unpaired) electrons. The molecule has 2 amide bonds. The molecule has 1 aliphatic heterocycles. The fourth-order valence-electron chi connectivity index (χ4n) is 2.59. The number of carbonyl (C=O) groups is 2. The number of thiocarbonyl (C=S) groups is 1. The van der Waals surface area contributed by atoms with Crippen molar-refractivity contribution in [2.24, 2.45) is 10.9 Å². The van der Waals surface area contributed by atoms with Crippen LogP contribution in [-0.4, -0.2) is 34.1 Å². The first-order chi connectivity index (χ1) is 12.0. The first kappa shape index (κ1) is 17.5. The zero-order valence-corrected chi connectivity index (χ0v) is 15.1. The highest BCUT2D eigenvalue weighted by Crippen LogP contribution is 2.21. The van der Waals surface area contributed by atoms with Gasteiger partial charge in [-0.05, 0) is 42.9 Å². The number of aryl methyl sites for hydroxylation is 1. The van der Waals surface area contributed by atoms with Gasteiger partial charge in [-0.2, -0.15) is 0 Å². The molecule has 1 aromatic carbocycles. The van der Waals surface area contributed by atoms with Crippen LogP contribution >= 0.6 is 23.8 Å². The van der Waals surface area contributed by atoms with Gasteiger partial charge in [0.15, 0.2) is 0 Å². The Balaban J connectivity index is 1.62. The van der Waals surface area contributed by atoms with Crippen LogP contribution < -0.4 is 5.32 Å². The minimum absolute atomic E-state index is 0.120. The van der Waals surface area contributed by atoms with Gasteiger partial charge in [0.05, 0.1) is 11.6 Å². The number of amides is 2. The molecule has 1 unspecified atom stereocenters. The third kappa shape index (κ3) is 3.86. The van der Waals surface area contributed by atoms with Crippen LogP contribution in [-0.2, 0) is 9.59 Å². The Kier molecular flexibility index (Phi) is 5.11. The molecule has 1 aromatic rings. The summed E-state index contributed by atoms with van der Waals surface area (Å²) in [6.45, 7) is 2.08. The summed E-state index contributed by atoms with van der Waals surface area (Å²) in [4.78, 5) is 30.4. The van der Waals surface area contributed by atoms with Crippen LogP contribution in [0.25, 0.3) is 0 Å². The zero-order valence-electron chi connectivity index (χ0n) is 13.5. The quantitative estimate of drug-likeness (QED) is 0.824. The molecule has 0 fully saturated rings. The van der Waals surface area contributed by atoms with Gasteiger partial charge in [-0.15, -0.1) is 0 Å². The number of allylic oxidation sites excluding steroid dienone is 3. The Morgan fingerprint density at radius 3 is 2.96 bits per heavy atom. The van der Waals surface area contributed by atoms with Gasteiger partial charge in [-0.1, -0.05) is 35.9 Å². The molecular formula is C18H16ClN3O2S. The first-order valence-corrected chi connectivity index (χ1v) is 8.59. The van der Waals surface area contributed by atoms with Gasteiger partial charge >= 0.3 is 0 Å². The van der Waals surface area contributed by atoms with Gasteiger partial charge in [0.1, 0.15) is 0 Å². The molecule has 128 valence electrons. The number of rotatable bonds is 4. The highest BCUT2D eigenvalue weighted by molar-refractivity contribution is 7.80. The normalized spacial score (nSPS) is 18.9. The average molecular weight is 374 g/mol. The Morgan fingerprint density at radius 2 is 2.20 bits per heavy atom. The van der Waals surface area contributed by atoms with Gasteiger partial charge in [0.25, 0.3) is 0 Å². The van der Waals surface area contributed by atoms with E-state index in [9.17, 15) is 9.59 Å². The Morgan fingerprint density at radius 1 is 1.40 bits per heavy atom. The second kappa shape index (κ2) is 7.29. The van der Waals surface area contributed by atoms with Gasteiger partial charge in [-0.25, -0.2) is 4.99 Å². The molecule has 1 heterocycles. The number of nitrogens with one attached hydrogen (secondary N) is 1. The van der Waals surface area contributed by atoms with E-state index in [1.165, 1.54) is 4.90 Å². The van der Waals surface area contributed by atoms with Crippen molar-refractivity contribution in [3.63, 3.8) is 0 Å². The standard InChI is InChI=1S/C18H16ClN3O2S/c1-11-6-7-12(10-14(11)19)20-16(23)8-9-22-17(24)13-4-2-3-5-15(13)21-18(22)25/h2-7,10,13H,8-9H2,1H3,(H,20,23). The summed E-state index contributed by atoms with van der Waals surface area (Å²) in [5.41, 5.74) is 2.20. The van der Waals surface area contributed by atoms with Crippen molar-refractivity contribution in [2.75, 3.05) is 11.9 Å². The van der Waals surface area contributed by atoms with Crippen LogP contribution in [0.3, 0.4) is 0 Å². The topological polar surface area (TPSA) is 61.8 Å². The van der Waals surface area contributed by atoms with Crippen LogP contribution in [0.2, 0.25) is 5.02 Å². The number of benzene rings is 1. The van der Waals surface area contributed by atoms with E-state index in [2.05, 4.69) is 10.3 Å². The molecular weight excluding hydrogens is 358 g/mol. The lowest BCUT2D eigenvalue weighted by atomic mass is 9.95. The van der Waals surface area contributed by atoms with Crippen molar-refractivity contribution in [1.82, 2.24) is 4.90 Å². The van der Waals surface area contributed by atoms with Gasteiger partial charge in [0.2, 0.25) is 16.9 Å². The Bertz CT molecular complexity index is 845. The van der Waals surface area contributed by atoms with Crippen molar-refractivity contribution in [1.29, 1.82) is 0 Å². The van der Waals surface area contributed by atoms with E-state index >= 15 is 0 Å². The van der Waals surface area contributed by atoms with Crippen molar-refractivity contribution in [3.05, 3.63) is 53.1 Å². The third-order valence-corrected chi connectivity index (χ3v) is 4.72. The summed E-state index contributed by atoms with van der Waals surface area (Å²) in [5.74, 6) is -0.790. The highest BCUT2D eigenvalue weighted by Gasteiger charge is 2.33. The lowest BCUT2D eigenvalue weighted by Crippen LogP contribution is -2.46. The summed E-state index contributed by atoms with van der Waals surface area (Å²) < 4.78 is 0. The van der Waals surface area contributed by atoms with E-state index in [4.69, 9.17) is 23.8 Å². The Labute approximate surface area is 156 Å². The summed E-state index contributed by atoms with van der Waals surface area (Å²) in [6, 6.07) is 5.31. The van der Waals surface area contributed by atoms with Crippen LogP contribution in [0, 0.1) is 12.8 Å². The Hall–Kier alpha value is -2.31. The average Bonchev–Trinajstić information content (AvgIpc) is 2.58. The number of hydrogen-bond acceptors (Lipinski definition) is 3. The molecule has 0 spiro atoms. The summed E-state index contributed by atoms with van der Waals surface area (Å²) in [7, 11) is 0. The molecule has 1 atom stereocenters. The molecule has 5 nitrogen and oxygen atoms in total. The number of anilines is 1. The number of nitrogens with zero attached hydrogens (tertiary/aromatic N) is 2. The molecule has 3 rings (SSSR count). The molecule has 0 bridgehead atoms. The molecule has 25 heavy (non-hydrogen) atoms. The fourth-order valence-corrected chi connectivity index (χ4v) is 3.06. The van der Waals surface area contributed by atoms with E-state index in [0.717, 1.165) is 5.56 Å². The summed E-state index contributed by atoms with van der Waals surface area (Å²) in [6.07, 6.45) is 7.31. The van der Waals surface area contributed by atoms with E-state index in [1.54, 1.807) is 24.3 Å². The third-order valence-electron chi connectivity index (χ3n) is 4.01. The van der Waals surface area contributed by atoms with Crippen molar-refractivity contribution < 1.29 is 9.59 Å². The fraction of sp³-hybridized carbons (Fsp3) is 0.222. The van der Waals surface area contributed by atoms with Gasteiger partial charge in [0, 0.05) is 23.7 Å². The molecule has 2 aliphatic rings. The maximum atomic E-state index is 12.5. The monoisotopic (exact) mass is 373 g/mol. The predicted molar refractivity (Wildman–Crippen MR) is 103 cm³/mol. The largest absolute Gasteiger partial charge is 0.326 e. The molecule has 7 heteroatoms. The zero-order chi connectivity index (χ0) is 18.0. The molecule has 1 N–H and O–H groups in total. The first-order valence-electron chi connectivity index (χ1n) is 7.80. The maximum absolute atomic E-state index is 12.5. The molecule has 0 saturated carbocycles. The summed E-state index contributed by atoms with van der Waals surface area (Å²) >= 11 is 11.2. The SMILES string of the molecule is Cc1ccc(NC(=O)CCN2C(=O)C3C=CC=CC3=NC2=S)cc1Cl.